The number of carbonyl (C=O) groups excluding carboxylic acids is 1. The molecule has 2 N–H and O–H groups in total. The number of nitrogen functional groups attached to an aromatic ring is 1. The van der Waals surface area contributed by atoms with E-state index in [4.69, 9.17) is 26.8 Å². The second-order valence-corrected chi connectivity index (χ2v) is 14.1. The highest BCUT2D eigenvalue weighted by molar-refractivity contribution is 7.22. The molecular weight excluding hydrogens is 650 g/mol. The highest BCUT2D eigenvalue weighted by atomic mass is 35.5. The van der Waals surface area contributed by atoms with Crippen molar-refractivity contribution in [3.63, 3.8) is 0 Å². The second-order valence-electron chi connectivity index (χ2n) is 12.7. The van der Waals surface area contributed by atoms with E-state index in [1.807, 2.05) is 0 Å². The molecule has 4 fully saturated rings. The molecule has 8 rings (SSSR count). The molecule has 4 aliphatic heterocycles. The van der Waals surface area contributed by atoms with Gasteiger partial charge in [-0.1, -0.05) is 22.9 Å². The lowest BCUT2D eigenvalue weighted by molar-refractivity contribution is 0.104. The van der Waals surface area contributed by atoms with E-state index < -0.39 is 23.8 Å². The summed E-state index contributed by atoms with van der Waals surface area (Å²) < 4.78 is 44.2. The zero-order valence-electron chi connectivity index (χ0n) is 25.3. The van der Waals surface area contributed by atoms with E-state index in [0.717, 1.165) is 50.1 Å². The van der Waals surface area contributed by atoms with Crippen LogP contribution in [0.4, 0.5) is 18.7 Å². The Morgan fingerprint density at radius 1 is 1.13 bits per heavy atom. The van der Waals surface area contributed by atoms with E-state index in [1.54, 1.807) is 9.80 Å². The van der Waals surface area contributed by atoms with E-state index in [0.29, 0.717) is 32.5 Å². The molecule has 1 unspecified atom stereocenters. The Morgan fingerprint density at radius 2 is 1.94 bits per heavy atom. The highest BCUT2D eigenvalue weighted by Gasteiger charge is 2.45. The molecular formula is C32H31ClF2N8O3S. The van der Waals surface area contributed by atoms with Crippen LogP contribution in [0.2, 0.25) is 5.02 Å². The predicted molar refractivity (Wildman–Crippen MR) is 172 cm³/mol. The van der Waals surface area contributed by atoms with Crippen LogP contribution in [-0.4, -0.2) is 92.7 Å². The largest absolute Gasteiger partial charge is 0.472 e. The predicted octanol–water partition coefficient (Wildman–Crippen LogP) is 5.60. The minimum atomic E-state index is -0.755. The van der Waals surface area contributed by atoms with Gasteiger partial charge in [0.25, 0.3) is 0 Å². The van der Waals surface area contributed by atoms with Gasteiger partial charge in [-0.3, -0.25) is 4.90 Å². The number of ether oxygens (including phenoxy) is 2. The number of anilines is 1. The number of carbonyl (C=O) groups is 1. The van der Waals surface area contributed by atoms with E-state index in [-0.39, 0.29) is 72.4 Å². The van der Waals surface area contributed by atoms with Gasteiger partial charge < -0.3 is 25.0 Å². The Hall–Kier alpha value is -4.06. The number of nitriles is 1. The van der Waals surface area contributed by atoms with E-state index in [9.17, 15) is 14.4 Å². The van der Waals surface area contributed by atoms with Gasteiger partial charge in [0.2, 0.25) is 5.88 Å². The Labute approximate surface area is 277 Å². The maximum atomic E-state index is 16.7. The molecule has 4 saturated heterocycles. The Morgan fingerprint density at radius 3 is 2.68 bits per heavy atom. The molecule has 11 nitrogen and oxygen atoms in total. The zero-order valence-corrected chi connectivity index (χ0v) is 26.9. The lowest BCUT2D eigenvalue weighted by Crippen LogP contribution is -2.55. The third-order valence-corrected chi connectivity index (χ3v) is 11.2. The highest BCUT2D eigenvalue weighted by Crippen LogP contribution is 2.43. The summed E-state index contributed by atoms with van der Waals surface area (Å²) in [4.78, 5) is 32.1. The van der Waals surface area contributed by atoms with Crippen LogP contribution in [0.5, 0.6) is 11.9 Å². The van der Waals surface area contributed by atoms with Crippen LogP contribution in [0, 0.1) is 23.0 Å². The summed E-state index contributed by atoms with van der Waals surface area (Å²) in [6, 6.07) is 5.71. The average molecular weight is 681 g/mol. The molecule has 2 aromatic carbocycles. The van der Waals surface area contributed by atoms with Gasteiger partial charge in [-0.25, -0.2) is 18.6 Å². The molecule has 47 heavy (non-hydrogen) atoms. The minimum absolute atomic E-state index is 0.000606. The van der Waals surface area contributed by atoms with Crippen molar-refractivity contribution < 1.29 is 23.0 Å². The first-order valence-corrected chi connectivity index (χ1v) is 17.0. The number of hydrogen-bond donors (Lipinski definition) is 1. The summed E-state index contributed by atoms with van der Waals surface area (Å²) in [5.74, 6) is -1.18. The van der Waals surface area contributed by atoms with Gasteiger partial charge in [0.1, 0.15) is 30.1 Å². The lowest BCUT2D eigenvalue weighted by Gasteiger charge is -2.38. The van der Waals surface area contributed by atoms with Crippen molar-refractivity contribution in [2.45, 2.75) is 56.2 Å². The SMILES string of the molecule is N#C[C@@H]1CCN1C(=O)N1CCC(Oc2nc(OCC34CCCN3CCC4)nc3c(F)c(-c4ccc(F)c5sc(N)nc45)c(Cl)cc23)C1. The van der Waals surface area contributed by atoms with E-state index >= 15 is 4.39 Å². The molecule has 0 saturated carbocycles. The quantitative estimate of drug-likeness (QED) is 0.276. The third-order valence-electron chi connectivity index (χ3n) is 10.00. The Bertz CT molecular complexity index is 1960. The topological polar surface area (TPSA) is 134 Å². The summed E-state index contributed by atoms with van der Waals surface area (Å²) in [6.07, 6.45) is 4.92. The van der Waals surface area contributed by atoms with Crippen LogP contribution in [-0.2, 0) is 0 Å². The Kier molecular flexibility index (Phi) is 7.46. The van der Waals surface area contributed by atoms with Crippen LogP contribution in [0.3, 0.4) is 0 Å². The molecule has 0 aliphatic carbocycles. The summed E-state index contributed by atoms with van der Waals surface area (Å²) in [5, 5.41) is 9.72. The number of urea groups is 1. The first-order valence-electron chi connectivity index (χ1n) is 15.8. The van der Waals surface area contributed by atoms with Gasteiger partial charge >= 0.3 is 12.0 Å². The smallest absolute Gasteiger partial charge is 0.321 e. The third kappa shape index (κ3) is 5.06. The number of thiazole rings is 1. The zero-order chi connectivity index (χ0) is 32.4. The van der Waals surface area contributed by atoms with Crippen molar-refractivity contribution >= 4 is 55.2 Å². The summed E-state index contributed by atoms with van der Waals surface area (Å²) in [6.45, 7) is 3.66. The maximum Gasteiger partial charge on any atom is 0.321 e. The molecule has 2 amide bonds. The van der Waals surface area contributed by atoms with Crippen LogP contribution >= 0.6 is 22.9 Å². The molecule has 6 heterocycles. The Balaban J connectivity index is 1.17. The molecule has 2 aromatic heterocycles. The van der Waals surface area contributed by atoms with Gasteiger partial charge in [0.05, 0.1) is 38.8 Å². The first-order chi connectivity index (χ1) is 22.7. The maximum absolute atomic E-state index is 16.7. The molecule has 15 heteroatoms. The fraction of sp³-hybridized carbons (Fsp3) is 0.469. The number of likely N-dealkylation sites (tertiary alicyclic amines) is 2. The van der Waals surface area contributed by atoms with Gasteiger partial charge in [-0.15, -0.1) is 0 Å². The normalized spacial score (nSPS) is 22.1. The molecule has 2 atom stereocenters. The summed E-state index contributed by atoms with van der Waals surface area (Å²) in [7, 11) is 0. The molecule has 4 aromatic rings. The first kappa shape index (κ1) is 30.3. The number of nitrogens with zero attached hydrogens (tertiary/aromatic N) is 7. The fourth-order valence-corrected chi connectivity index (χ4v) is 8.55. The molecule has 0 radical (unpaired) electrons. The molecule has 0 bridgehead atoms. The monoisotopic (exact) mass is 680 g/mol. The van der Waals surface area contributed by atoms with Crippen LogP contribution < -0.4 is 15.2 Å². The standard InChI is InChI=1S/C32H31ClF2N8O3S/c33-21-13-20-25(24(35)23(21)19-3-4-22(34)27-26(19)38-29(37)47-27)39-30(45-16-32-7-1-9-42(32)10-2-8-32)40-28(20)46-18-6-11-41(15-18)31(44)43-12-5-17(43)14-36/h3-4,13,17-18H,1-2,5-12,15-16H2,(H2,37,38)/t17-,18?/m0/s1. The van der Waals surface area contributed by atoms with E-state index in [1.165, 1.54) is 18.2 Å². The molecule has 4 aliphatic rings. The van der Waals surface area contributed by atoms with Crippen molar-refractivity contribution in [2.24, 2.45) is 0 Å². The van der Waals surface area contributed by atoms with Crippen molar-refractivity contribution in [3.8, 4) is 29.1 Å². The van der Waals surface area contributed by atoms with Crippen molar-refractivity contribution in [3.05, 3.63) is 34.9 Å². The number of amides is 2. The van der Waals surface area contributed by atoms with Gasteiger partial charge in [0, 0.05) is 30.6 Å². The van der Waals surface area contributed by atoms with Crippen molar-refractivity contribution in [1.82, 2.24) is 29.7 Å². The van der Waals surface area contributed by atoms with Crippen molar-refractivity contribution in [1.29, 1.82) is 5.26 Å². The number of hydrogen-bond acceptors (Lipinski definition) is 10. The van der Waals surface area contributed by atoms with E-state index in [2.05, 4.69) is 25.9 Å². The lowest BCUT2D eigenvalue weighted by atomic mass is 9.95. The van der Waals surface area contributed by atoms with Crippen LogP contribution in [0.25, 0.3) is 32.2 Å². The molecule has 244 valence electrons. The number of rotatable bonds is 6. The number of nitrogens with two attached hydrogens (primary N) is 1. The number of benzene rings is 2. The van der Waals surface area contributed by atoms with Crippen LogP contribution in [0.15, 0.2) is 18.2 Å². The average Bonchev–Trinajstić information content (AvgIpc) is 3.82. The van der Waals surface area contributed by atoms with Gasteiger partial charge in [0.15, 0.2) is 10.9 Å². The number of aromatic nitrogens is 3. The van der Waals surface area contributed by atoms with Crippen molar-refractivity contribution in [2.75, 3.05) is 45.1 Å². The van der Waals surface area contributed by atoms with Crippen LogP contribution in [0.1, 0.15) is 38.5 Å². The van der Waals surface area contributed by atoms with Gasteiger partial charge in [-0.2, -0.15) is 15.2 Å². The number of halogens is 3. The number of fused-ring (bicyclic) bond motifs is 3. The minimum Gasteiger partial charge on any atom is -0.472 e. The summed E-state index contributed by atoms with van der Waals surface area (Å²) in [5.41, 5.74) is 6.21. The molecule has 0 spiro atoms. The fourth-order valence-electron chi connectivity index (χ4n) is 7.49. The van der Waals surface area contributed by atoms with Gasteiger partial charge in [-0.05, 0) is 63.4 Å². The summed E-state index contributed by atoms with van der Waals surface area (Å²) >= 11 is 7.72. The second kappa shape index (κ2) is 11.6.